The third-order valence-electron chi connectivity index (χ3n) is 3.50. The molecule has 0 saturated carbocycles. The highest BCUT2D eigenvalue weighted by molar-refractivity contribution is 6.07. The predicted molar refractivity (Wildman–Crippen MR) is 101 cm³/mol. The lowest BCUT2D eigenvalue weighted by Crippen LogP contribution is -2.30. The number of methoxy groups -OCH3 is 1. The zero-order chi connectivity index (χ0) is 19.6. The van der Waals surface area contributed by atoms with Crippen molar-refractivity contribution in [3.8, 4) is 0 Å². The fourth-order valence-electron chi connectivity index (χ4n) is 2.28. The minimum Gasteiger partial charge on any atom is -0.466 e. The molecule has 27 heavy (non-hydrogen) atoms. The van der Waals surface area contributed by atoms with Crippen LogP contribution < -0.4 is 5.01 Å². The zero-order valence-electron chi connectivity index (χ0n) is 15.1. The minimum atomic E-state index is -0.669. The summed E-state index contributed by atoms with van der Waals surface area (Å²) in [5.41, 5.74) is 1.12. The van der Waals surface area contributed by atoms with Gasteiger partial charge in [0.25, 0.3) is 5.91 Å². The van der Waals surface area contributed by atoms with Gasteiger partial charge in [0.15, 0.2) is 0 Å². The van der Waals surface area contributed by atoms with Crippen molar-refractivity contribution in [3.63, 3.8) is 0 Å². The summed E-state index contributed by atoms with van der Waals surface area (Å²) < 4.78 is 9.60. The van der Waals surface area contributed by atoms with Crippen LogP contribution in [-0.2, 0) is 19.1 Å². The van der Waals surface area contributed by atoms with Gasteiger partial charge in [-0.05, 0) is 24.6 Å². The first kappa shape index (κ1) is 19.8. The van der Waals surface area contributed by atoms with E-state index < -0.39 is 24.3 Å². The van der Waals surface area contributed by atoms with Gasteiger partial charge < -0.3 is 9.47 Å². The average molecular weight is 368 g/mol. The number of rotatable bonds is 7. The maximum absolute atomic E-state index is 12.7. The Balaban J connectivity index is 2.41. The smallest absolute Gasteiger partial charge is 0.340 e. The van der Waals surface area contributed by atoms with Crippen molar-refractivity contribution in [3.05, 3.63) is 65.7 Å². The summed E-state index contributed by atoms with van der Waals surface area (Å²) in [5.74, 6) is -1.91. The number of amides is 1. The van der Waals surface area contributed by atoms with Gasteiger partial charge in [-0.2, -0.15) is 10.1 Å². The van der Waals surface area contributed by atoms with Gasteiger partial charge in [0.2, 0.25) is 0 Å². The number of hydrazone groups is 1. The molecule has 140 valence electrons. The van der Waals surface area contributed by atoms with E-state index in [1.165, 1.54) is 19.4 Å². The molecule has 7 nitrogen and oxygen atoms in total. The largest absolute Gasteiger partial charge is 0.466 e. The van der Waals surface area contributed by atoms with Gasteiger partial charge in [-0.3, -0.25) is 9.59 Å². The number of hydrogen-bond donors (Lipinski definition) is 0. The van der Waals surface area contributed by atoms with Gasteiger partial charge in [-0.1, -0.05) is 42.5 Å². The molecule has 0 atom stereocenters. The van der Waals surface area contributed by atoms with Crippen LogP contribution >= 0.6 is 0 Å². The molecule has 2 aromatic carbocycles. The van der Waals surface area contributed by atoms with Crippen molar-refractivity contribution >= 4 is 29.7 Å². The van der Waals surface area contributed by atoms with E-state index >= 15 is 0 Å². The number of carbonyl (C=O) groups is 3. The van der Waals surface area contributed by atoms with E-state index in [-0.39, 0.29) is 17.9 Å². The van der Waals surface area contributed by atoms with Gasteiger partial charge in [-0.25, -0.2) is 4.79 Å². The molecule has 0 saturated heterocycles. The number of ether oxygens (including phenoxy) is 2. The fraction of sp³-hybridized carbons (Fsp3) is 0.200. The Morgan fingerprint density at radius 1 is 1.04 bits per heavy atom. The zero-order valence-corrected chi connectivity index (χ0v) is 15.1. The van der Waals surface area contributed by atoms with Gasteiger partial charge >= 0.3 is 11.9 Å². The van der Waals surface area contributed by atoms with Crippen LogP contribution in [0.5, 0.6) is 0 Å². The first-order chi connectivity index (χ1) is 13.1. The molecule has 0 bridgehead atoms. The highest BCUT2D eigenvalue weighted by Crippen LogP contribution is 2.23. The summed E-state index contributed by atoms with van der Waals surface area (Å²) in [6.07, 6.45) is 0.965. The first-order valence-corrected chi connectivity index (χ1v) is 8.31. The van der Waals surface area contributed by atoms with E-state index in [0.29, 0.717) is 0 Å². The van der Waals surface area contributed by atoms with Crippen molar-refractivity contribution in [1.29, 1.82) is 0 Å². The predicted octanol–water partition coefficient (Wildman–Crippen LogP) is 2.79. The number of para-hydroxylation sites is 1. The molecule has 0 fully saturated rings. The Kier molecular flexibility index (Phi) is 7.25. The normalized spacial score (nSPS) is 10.4. The highest BCUT2D eigenvalue weighted by atomic mass is 16.5. The number of anilines is 1. The second-order valence-electron chi connectivity index (χ2n) is 5.35. The lowest BCUT2D eigenvalue weighted by atomic mass is 10.1. The summed E-state index contributed by atoms with van der Waals surface area (Å²) in [6, 6.07) is 15.5. The first-order valence-electron chi connectivity index (χ1n) is 8.31. The number of nitrogens with zero attached hydrogens (tertiary/aromatic N) is 2. The topological polar surface area (TPSA) is 85.3 Å². The molecule has 0 aromatic heterocycles. The van der Waals surface area contributed by atoms with E-state index in [4.69, 9.17) is 9.47 Å². The SMILES string of the molecule is CCOC(=O)CC(=O)N(/N=C/c1ccccc1)c1ccccc1C(=O)OC. The molecule has 1 amide bonds. The Bertz CT molecular complexity index is 833. The Morgan fingerprint density at radius 3 is 2.37 bits per heavy atom. The Morgan fingerprint density at radius 2 is 1.70 bits per heavy atom. The van der Waals surface area contributed by atoms with E-state index in [1.807, 2.05) is 30.3 Å². The van der Waals surface area contributed by atoms with E-state index in [1.54, 1.807) is 25.1 Å². The summed E-state index contributed by atoms with van der Waals surface area (Å²) in [7, 11) is 1.25. The lowest BCUT2D eigenvalue weighted by molar-refractivity contribution is -0.145. The quantitative estimate of drug-likeness (QED) is 0.325. The lowest BCUT2D eigenvalue weighted by Gasteiger charge is -2.19. The highest BCUT2D eigenvalue weighted by Gasteiger charge is 2.24. The van der Waals surface area contributed by atoms with E-state index in [2.05, 4.69) is 5.10 Å². The van der Waals surface area contributed by atoms with E-state index in [9.17, 15) is 14.4 Å². The van der Waals surface area contributed by atoms with Gasteiger partial charge in [0.05, 0.1) is 31.2 Å². The molecule has 0 unspecified atom stereocenters. The molecule has 0 spiro atoms. The third kappa shape index (κ3) is 5.50. The van der Waals surface area contributed by atoms with Crippen LogP contribution in [0.4, 0.5) is 5.69 Å². The second kappa shape index (κ2) is 9.86. The van der Waals surface area contributed by atoms with Gasteiger partial charge in [-0.15, -0.1) is 0 Å². The molecule has 0 radical (unpaired) electrons. The van der Waals surface area contributed by atoms with Crippen LogP contribution in [0.1, 0.15) is 29.3 Å². The molecular weight excluding hydrogens is 348 g/mol. The molecular formula is C20H20N2O5. The molecule has 0 aliphatic carbocycles. The second-order valence-corrected chi connectivity index (χ2v) is 5.35. The van der Waals surface area contributed by atoms with Crippen molar-refractivity contribution in [2.75, 3.05) is 18.7 Å². The standard InChI is InChI=1S/C20H20N2O5/c1-3-27-19(24)13-18(23)22(21-14-15-9-5-4-6-10-15)17-12-8-7-11-16(17)20(25)26-2/h4-12,14H,3,13H2,1-2H3/b21-14+. The Hall–Kier alpha value is -3.48. The summed E-state index contributed by atoms with van der Waals surface area (Å²) >= 11 is 0. The van der Waals surface area contributed by atoms with Crippen LogP contribution in [-0.4, -0.2) is 37.8 Å². The van der Waals surface area contributed by atoms with Gasteiger partial charge in [0, 0.05) is 0 Å². The summed E-state index contributed by atoms with van der Waals surface area (Å²) in [6.45, 7) is 1.82. The van der Waals surface area contributed by atoms with Crippen molar-refractivity contribution in [2.45, 2.75) is 13.3 Å². The maximum atomic E-state index is 12.7. The number of benzene rings is 2. The number of hydrogen-bond acceptors (Lipinski definition) is 6. The average Bonchev–Trinajstić information content (AvgIpc) is 2.69. The third-order valence-corrected chi connectivity index (χ3v) is 3.50. The molecule has 2 rings (SSSR count). The van der Waals surface area contributed by atoms with Crippen molar-refractivity contribution in [1.82, 2.24) is 0 Å². The maximum Gasteiger partial charge on any atom is 0.340 e. The van der Waals surface area contributed by atoms with Crippen LogP contribution in [0.3, 0.4) is 0 Å². The van der Waals surface area contributed by atoms with Crippen LogP contribution in [0.25, 0.3) is 0 Å². The summed E-state index contributed by atoms with van der Waals surface area (Å²) in [4.78, 5) is 36.5. The Labute approximate surface area is 157 Å². The molecule has 0 heterocycles. The molecule has 0 N–H and O–H groups in total. The van der Waals surface area contributed by atoms with Gasteiger partial charge in [0.1, 0.15) is 6.42 Å². The molecule has 0 aliphatic heterocycles. The van der Waals surface area contributed by atoms with Crippen LogP contribution in [0, 0.1) is 0 Å². The number of esters is 2. The van der Waals surface area contributed by atoms with Crippen LogP contribution in [0.2, 0.25) is 0 Å². The van der Waals surface area contributed by atoms with Crippen molar-refractivity contribution < 1.29 is 23.9 Å². The van der Waals surface area contributed by atoms with E-state index in [0.717, 1.165) is 10.6 Å². The summed E-state index contributed by atoms with van der Waals surface area (Å²) in [5, 5.41) is 5.21. The van der Waals surface area contributed by atoms with Crippen molar-refractivity contribution in [2.24, 2.45) is 5.10 Å². The van der Waals surface area contributed by atoms with Crippen LogP contribution in [0.15, 0.2) is 59.7 Å². The molecule has 0 aliphatic rings. The minimum absolute atomic E-state index is 0.155. The monoisotopic (exact) mass is 368 g/mol. The fourth-order valence-corrected chi connectivity index (χ4v) is 2.28. The number of carbonyl (C=O) groups excluding carboxylic acids is 3. The molecule has 7 heteroatoms. The molecule has 2 aromatic rings.